The average molecular weight is 431 g/mol. The Bertz CT molecular complexity index is 910. The minimum absolute atomic E-state index is 0.198. The summed E-state index contributed by atoms with van der Waals surface area (Å²) in [4.78, 5) is 35.7. The molecule has 0 N–H and O–H groups in total. The molecular weight excluding hydrogens is 396 g/mol. The van der Waals surface area contributed by atoms with Crippen molar-refractivity contribution in [3.8, 4) is 0 Å². The van der Waals surface area contributed by atoms with Gasteiger partial charge in [-0.25, -0.2) is 14.8 Å². The molecule has 1 fully saturated rings. The first-order valence-corrected chi connectivity index (χ1v) is 10.9. The van der Waals surface area contributed by atoms with Crippen molar-refractivity contribution in [2.45, 2.75) is 58.6 Å². The largest absolute Gasteiger partial charge is 0.444 e. The Labute approximate surface area is 184 Å². The van der Waals surface area contributed by atoms with Gasteiger partial charge in [0.25, 0.3) is 5.91 Å². The van der Waals surface area contributed by atoms with Crippen molar-refractivity contribution in [1.82, 2.24) is 19.5 Å². The third-order valence-electron chi connectivity index (χ3n) is 5.71. The maximum atomic E-state index is 12.2. The standard InChI is InChI=1S/C23H34N4O4/c1-23(2,3)31-22(29)26-13-10-17(11-14-26)7-6-12-27-16-24-19-15-18(8-9-20(19)27)21(28)25(4)30-5/h8-9,15-17H,6-7,10-14H2,1-5H3. The number of amides is 2. The van der Waals surface area contributed by atoms with Crippen LogP contribution in [-0.4, -0.2) is 64.4 Å². The van der Waals surface area contributed by atoms with Gasteiger partial charge in [-0.05, 0) is 70.6 Å². The fourth-order valence-electron chi connectivity index (χ4n) is 3.92. The highest BCUT2D eigenvalue weighted by Crippen LogP contribution is 2.24. The lowest BCUT2D eigenvalue weighted by Crippen LogP contribution is -2.41. The Kier molecular flexibility index (Phi) is 7.20. The Balaban J connectivity index is 1.48. The number of benzene rings is 1. The van der Waals surface area contributed by atoms with Crippen molar-refractivity contribution in [3.63, 3.8) is 0 Å². The van der Waals surface area contributed by atoms with Crippen molar-refractivity contribution in [2.24, 2.45) is 5.92 Å². The molecule has 2 heterocycles. The van der Waals surface area contributed by atoms with Crippen molar-refractivity contribution in [3.05, 3.63) is 30.1 Å². The molecule has 1 aromatic heterocycles. The Morgan fingerprint density at radius 2 is 1.94 bits per heavy atom. The van der Waals surface area contributed by atoms with Crippen LogP contribution in [0.5, 0.6) is 0 Å². The molecule has 0 radical (unpaired) electrons. The molecule has 2 amide bonds. The van der Waals surface area contributed by atoms with E-state index in [2.05, 4.69) is 9.55 Å². The zero-order chi connectivity index (χ0) is 22.6. The molecule has 0 spiro atoms. The van der Waals surface area contributed by atoms with Crippen molar-refractivity contribution in [2.75, 3.05) is 27.2 Å². The van der Waals surface area contributed by atoms with Gasteiger partial charge in [0, 0.05) is 32.2 Å². The first-order valence-electron chi connectivity index (χ1n) is 10.9. The van der Waals surface area contributed by atoms with E-state index >= 15 is 0 Å². The molecule has 0 unspecified atom stereocenters. The topological polar surface area (TPSA) is 76.9 Å². The molecule has 1 aliphatic heterocycles. The van der Waals surface area contributed by atoms with Crippen LogP contribution in [0.4, 0.5) is 4.79 Å². The Morgan fingerprint density at radius 1 is 1.23 bits per heavy atom. The summed E-state index contributed by atoms with van der Waals surface area (Å²) < 4.78 is 7.61. The average Bonchev–Trinajstić information content (AvgIpc) is 3.14. The monoisotopic (exact) mass is 430 g/mol. The van der Waals surface area contributed by atoms with E-state index in [1.54, 1.807) is 13.1 Å². The Hall–Kier alpha value is -2.61. The number of likely N-dealkylation sites (tertiary alicyclic amines) is 1. The summed E-state index contributed by atoms with van der Waals surface area (Å²) in [5.74, 6) is 0.430. The van der Waals surface area contributed by atoms with Gasteiger partial charge in [0.2, 0.25) is 0 Å². The molecule has 3 rings (SSSR count). The van der Waals surface area contributed by atoms with Crippen LogP contribution < -0.4 is 0 Å². The van der Waals surface area contributed by atoms with Crippen molar-refractivity contribution in [1.29, 1.82) is 0 Å². The number of fused-ring (bicyclic) bond motifs is 1. The summed E-state index contributed by atoms with van der Waals surface area (Å²) in [6, 6.07) is 5.55. The molecular formula is C23H34N4O4. The van der Waals surface area contributed by atoms with Crippen LogP contribution in [-0.2, 0) is 16.1 Å². The number of nitrogens with zero attached hydrogens (tertiary/aromatic N) is 4. The number of hydroxylamine groups is 2. The van der Waals surface area contributed by atoms with Crippen molar-refractivity contribution < 1.29 is 19.2 Å². The molecule has 170 valence electrons. The van der Waals surface area contributed by atoms with Gasteiger partial charge in [-0.2, -0.15) is 0 Å². The van der Waals surface area contributed by atoms with E-state index in [0.717, 1.165) is 56.4 Å². The number of hydrogen-bond acceptors (Lipinski definition) is 5. The molecule has 8 nitrogen and oxygen atoms in total. The number of carbonyl (C=O) groups is 2. The molecule has 1 aromatic carbocycles. The van der Waals surface area contributed by atoms with Gasteiger partial charge in [-0.1, -0.05) is 0 Å². The number of rotatable bonds is 6. The van der Waals surface area contributed by atoms with Gasteiger partial charge in [-0.15, -0.1) is 0 Å². The number of ether oxygens (including phenoxy) is 1. The van der Waals surface area contributed by atoms with Crippen LogP contribution in [0.1, 0.15) is 56.8 Å². The fraction of sp³-hybridized carbons (Fsp3) is 0.609. The maximum Gasteiger partial charge on any atom is 0.410 e. The summed E-state index contributed by atoms with van der Waals surface area (Å²) in [6.07, 6.45) is 5.84. The second-order valence-electron chi connectivity index (χ2n) is 9.18. The zero-order valence-corrected chi connectivity index (χ0v) is 19.3. The van der Waals surface area contributed by atoms with E-state index in [9.17, 15) is 9.59 Å². The summed E-state index contributed by atoms with van der Waals surface area (Å²) in [5.41, 5.74) is 1.94. The number of piperidine rings is 1. The summed E-state index contributed by atoms with van der Waals surface area (Å²) in [7, 11) is 3.05. The van der Waals surface area contributed by atoms with E-state index in [0.29, 0.717) is 11.5 Å². The quantitative estimate of drug-likeness (QED) is 0.645. The summed E-state index contributed by atoms with van der Waals surface area (Å²) in [6.45, 7) is 8.10. The zero-order valence-electron chi connectivity index (χ0n) is 19.3. The van der Waals surface area contributed by atoms with Crippen LogP contribution in [0.2, 0.25) is 0 Å². The van der Waals surface area contributed by atoms with Crippen LogP contribution in [0.3, 0.4) is 0 Å². The molecule has 0 aliphatic carbocycles. The molecule has 0 atom stereocenters. The summed E-state index contributed by atoms with van der Waals surface area (Å²) in [5, 5.41) is 1.20. The SMILES string of the molecule is CON(C)C(=O)c1ccc2c(c1)ncn2CCCC1CCN(C(=O)OC(C)(C)C)CC1. The van der Waals surface area contributed by atoms with Gasteiger partial charge in [0.1, 0.15) is 5.60 Å². The number of hydrogen-bond donors (Lipinski definition) is 0. The van der Waals surface area contributed by atoms with Crippen LogP contribution >= 0.6 is 0 Å². The molecule has 1 saturated heterocycles. The van der Waals surface area contributed by atoms with E-state index in [1.807, 2.05) is 44.1 Å². The Morgan fingerprint density at radius 3 is 2.58 bits per heavy atom. The van der Waals surface area contributed by atoms with E-state index in [-0.39, 0.29) is 12.0 Å². The highest BCUT2D eigenvalue weighted by Gasteiger charge is 2.26. The van der Waals surface area contributed by atoms with Crippen molar-refractivity contribution >= 4 is 23.0 Å². The smallest absolute Gasteiger partial charge is 0.410 e. The second-order valence-corrected chi connectivity index (χ2v) is 9.18. The second kappa shape index (κ2) is 9.68. The number of aryl methyl sites for hydroxylation is 1. The summed E-state index contributed by atoms with van der Waals surface area (Å²) >= 11 is 0. The lowest BCUT2D eigenvalue weighted by molar-refractivity contribution is -0.0756. The van der Waals surface area contributed by atoms with Crippen LogP contribution in [0.25, 0.3) is 11.0 Å². The minimum Gasteiger partial charge on any atom is -0.444 e. The highest BCUT2D eigenvalue weighted by molar-refractivity contribution is 5.96. The fourth-order valence-corrected chi connectivity index (χ4v) is 3.92. The molecule has 8 heteroatoms. The van der Waals surface area contributed by atoms with E-state index < -0.39 is 5.60 Å². The highest BCUT2D eigenvalue weighted by atomic mass is 16.7. The predicted octanol–water partition coefficient (Wildman–Crippen LogP) is 4.10. The number of imidazole rings is 1. The van der Waals surface area contributed by atoms with Gasteiger partial charge in [0.05, 0.1) is 24.5 Å². The number of carbonyl (C=O) groups excluding carboxylic acids is 2. The molecule has 2 aromatic rings. The molecule has 0 bridgehead atoms. The maximum absolute atomic E-state index is 12.2. The molecule has 0 saturated carbocycles. The van der Waals surface area contributed by atoms with Crippen LogP contribution in [0.15, 0.2) is 24.5 Å². The molecule has 1 aliphatic rings. The van der Waals surface area contributed by atoms with E-state index in [1.165, 1.54) is 12.2 Å². The van der Waals surface area contributed by atoms with Gasteiger partial charge in [-0.3, -0.25) is 9.63 Å². The third-order valence-corrected chi connectivity index (χ3v) is 5.71. The molecule has 31 heavy (non-hydrogen) atoms. The lowest BCUT2D eigenvalue weighted by atomic mass is 9.92. The van der Waals surface area contributed by atoms with Gasteiger partial charge in [0.15, 0.2) is 0 Å². The minimum atomic E-state index is -0.449. The van der Waals surface area contributed by atoms with Gasteiger partial charge < -0.3 is 14.2 Å². The first-order chi connectivity index (χ1) is 14.7. The van der Waals surface area contributed by atoms with Gasteiger partial charge >= 0.3 is 6.09 Å². The normalized spacial score (nSPS) is 15.3. The lowest BCUT2D eigenvalue weighted by Gasteiger charge is -2.33. The van der Waals surface area contributed by atoms with Crippen LogP contribution in [0, 0.1) is 5.92 Å². The van der Waals surface area contributed by atoms with E-state index in [4.69, 9.17) is 9.57 Å². The first kappa shape index (κ1) is 23.1. The number of aromatic nitrogens is 2. The third kappa shape index (κ3) is 5.97. The predicted molar refractivity (Wildman–Crippen MR) is 119 cm³/mol.